The standard InChI is InChI=1S/C22H29F3N2O3/c1-4-15(3)26-19(28)18-13-30-21(10-8-14(2)9-11-21)27(18)20(29)16-6-5-7-17(12-16)22(23,24)25/h5-7,12,14-15,18H,4,8-11,13H2,1-3H3,(H,26,28). The van der Waals surface area contributed by atoms with E-state index in [9.17, 15) is 22.8 Å². The Hall–Kier alpha value is -2.09. The van der Waals surface area contributed by atoms with Gasteiger partial charge < -0.3 is 10.1 Å². The lowest BCUT2D eigenvalue weighted by Gasteiger charge is -2.43. The highest BCUT2D eigenvalue weighted by molar-refractivity contribution is 5.98. The molecular formula is C22H29F3N2O3. The Morgan fingerprint density at radius 2 is 1.97 bits per heavy atom. The number of rotatable bonds is 4. The molecular weight excluding hydrogens is 397 g/mol. The molecule has 0 aromatic heterocycles. The average molecular weight is 426 g/mol. The van der Waals surface area contributed by atoms with Crippen LogP contribution in [0.2, 0.25) is 0 Å². The van der Waals surface area contributed by atoms with Crippen LogP contribution in [0.1, 0.15) is 68.8 Å². The second kappa shape index (κ2) is 8.57. The van der Waals surface area contributed by atoms with E-state index >= 15 is 0 Å². The lowest BCUT2D eigenvalue weighted by molar-refractivity contribution is -0.137. The summed E-state index contributed by atoms with van der Waals surface area (Å²) in [6.45, 7) is 5.96. The van der Waals surface area contributed by atoms with Crippen molar-refractivity contribution in [2.24, 2.45) is 5.92 Å². The number of hydrogen-bond acceptors (Lipinski definition) is 3. The van der Waals surface area contributed by atoms with E-state index in [1.165, 1.54) is 17.0 Å². The molecule has 2 amide bonds. The molecule has 1 aliphatic heterocycles. The summed E-state index contributed by atoms with van der Waals surface area (Å²) in [4.78, 5) is 27.8. The van der Waals surface area contributed by atoms with Crippen LogP contribution in [0.5, 0.6) is 0 Å². The molecule has 1 aliphatic carbocycles. The molecule has 1 aromatic rings. The monoisotopic (exact) mass is 426 g/mol. The van der Waals surface area contributed by atoms with Gasteiger partial charge in [0.2, 0.25) is 5.91 Å². The molecule has 8 heteroatoms. The summed E-state index contributed by atoms with van der Waals surface area (Å²) in [5.41, 5.74) is -1.93. The first kappa shape index (κ1) is 22.6. The molecule has 2 aliphatic rings. The fourth-order valence-corrected chi connectivity index (χ4v) is 4.19. The average Bonchev–Trinajstić information content (AvgIpc) is 3.08. The van der Waals surface area contributed by atoms with Gasteiger partial charge in [0.1, 0.15) is 11.8 Å². The third kappa shape index (κ3) is 4.48. The predicted molar refractivity (Wildman–Crippen MR) is 106 cm³/mol. The van der Waals surface area contributed by atoms with Crippen LogP contribution in [0.15, 0.2) is 24.3 Å². The van der Waals surface area contributed by atoms with E-state index in [0.29, 0.717) is 18.8 Å². The lowest BCUT2D eigenvalue weighted by atomic mass is 9.83. The van der Waals surface area contributed by atoms with Crippen LogP contribution in [-0.4, -0.2) is 41.1 Å². The van der Waals surface area contributed by atoms with Crippen LogP contribution in [-0.2, 0) is 15.7 Å². The predicted octanol–water partition coefficient (Wildman–Crippen LogP) is 4.37. The molecule has 1 spiro atoms. The van der Waals surface area contributed by atoms with Gasteiger partial charge >= 0.3 is 6.18 Å². The molecule has 1 saturated carbocycles. The van der Waals surface area contributed by atoms with Crippen molar-refractivity contribution in [3.8, 4) is 0 Å². The molecule has 0 bridgehead atoms. The van der Waals surface area contributed by atoms with Gasteiger partial charge in [0, 0.05) is 11.6 Å². The van der Waals surface area contributed by atoms with Crippen LogP contribution in [0.4, 0.5) is 13.2 Å². The van der Waals surface area contributed by atoms with Crippen LogP contribution in [0.3, 0.4) is 0 Å². The van der Waals surface area contributed by atoms with Gasteiger partial charge in [-0.3, -0.25) is 14.5 Å². The zero-order valence-electron chi connectivity index (χ0n) is 17.6. The Bertz CT molecular complexity index is 788. The maximum Gasteiger partial charge on any atom is 0.416 e. The van der Waals surface area contributed by atoms with Crippen molar-refractivity contribution in [1.29, 1.82) is 0 Å². The molecule has 2 atom stereocenters. The van der Waals surface area contributed by atoms with E-state index in [1.54, 1.807) is 0 Å². The number of alkyl halides is 3. The van der Waals surface area contributed by atoms with Gasteiger partial charge in [0.15, 0.2) is 0 Å². The Morgan fingerprint density at radius 3 is 2.57 bits per heavy atom. The number of ether oxygens (including phenoxy) is 1. The SMILES string of the molecule is CCC(C)NC(=O)C1COC2(CCC(C)CC2)N1C(=O)c1cccc(C(F)(F)F)c1. The molecule has 2 fully saturated rings. The summed E-state index contributed by atoms with van der Waals surface area (Å²) in [6.07, 6.45) is -1.05. The van der Waals surface area contributed by atoms with Crippen molar-refractivity contribution in [3.63, 3.8) is 0 Å². The molecule has 0 radical (unpaired) electrons. The van der Waals surface area contributed by atoms with Gasteiger partial charge in [-0.05, 0) is 63.1 Å². The smallest absolute Gasteiger partial charge is 0.353 e. The third-order valence-electron chi connectivity index (χ3n) is 6.28. The topological polar surface area (TPSA) is 58.6 Å². The van der Waals surface area contributed by atoms with Crippen LogP contribution in [0.25, 0.3) is 0 Å². The fraction of sp³-hybridized carbons (Fsp3) is 0.636. The number of carbonyl (C=O) groups excluding carboxylic acids is 2. The number of nitrogens with zero attached hydrogens (tertiary/aromatic N) is 1. The second-order valence-electron chi connectivity index (χ2n) is 8.53. The maximum absolute atomic E-state index is 13.4. The normalized spacial score (nSPS) is 27.9. The molecule has 2 unspecified atom stereocenters. The lowest BCUT2D eigenvalue weighted by Crippen LogP contribution is -2.57. The fourth-order valence-electron chi connectivity index (χ4n) is 4.19. The van der Waals surface area contributed by atoms with E-state index in [4.69, 9.17) is 4.74 Å². The first-order valence-electron chi connectivity index (χ1n) is 10.5. The highest BCUT2D eigenvalue weighted by Gasteiger charge is 2.53. The summed E-state index contributed by atoms with van der Waals surface area (Å²) in [6, 6.07) is 3.42. The van der Waals surface area contributed by atoms with Gasteiger partial charge in [-0.15, -0.1) is 0 Å². The van der Waals surface area contributed by atoms with E-state index in [1.807, 2.05) is 13.8 Å². The number of nitrogens with one attached hydrogen (secondary N) is 1. The molecule has 5 nitrogen and oxygen atoms in total. The van der Waals surface area contributed by atoms with Gasteiger partial charge in [0.25, 0.3) is 5.91 Å². The Kier molecular flexibility index (Phi) is 6.45. The molecule has 1 heterocycles. The number of amides is 2. The van der Waals surface area contributed by atoms with Gasteiger partial charge in [-0.25, -0.2) is 0 Å². The summed E-state index contributed by atoms with van der Waals surface area (Å²) >= 11 is 0. The number of benzene rings is 1. The van der Waals surface area contributed by atoms with Gasteiger partial charge in [0.05, 0.1) is 12.2 Å². The first-order chi connectivity index (χ1) is 14.1. The Balaban J connectivity index is 1.95. The van der Waals surface area contributed by atoms with Crippen molar-refractivity contribution in [2.75, 3.05) is 6.61 Å². The minimum Gasteiger partial charge on any atom is -0.353 e. The van der Waals surface area contributed by atoms with E-state index in [-0.39, 0.29) is 24.1 Å². The summed E-state index contributed by atoms with van der Waals surface area (Å²) in [5.74, 6) is -0.463. The number of hydrogen-bond donors (Lipinski definition) is 1. The molecule has 3 rings (SSSR count). The summed E-state index contributed by atoms with van der Waals surface area (Å²) in [5, 5.41) is 2.88. The zero-order chi connectivity index (χ0) is 22.1. The Morgan fingerprint density at radius 1 is 1.30 bits per heavy atom. The third-order valence-corrected chi connectivity index (χ3v) is 6.28. The van der Waals surface area contributed by atoms with Gasteiger partial charge in [-0.1, -0.05) is 19.9 Å². The van der Waals surface area contributed by atoms with Crippen molar-refractivity contribution in [1.82, 2.24) is 10.2 Å². The van der Waals surface area contributed by atoms with E-state index in [0.717, 1.165) is 31.4 Å². The first-order valence-corrected chi connectivity index (χ1v) is 10.5. The molecule has 166 valence electrons. The second-order valence-corrected chi connectivity index (χ2v) is 8.53. The van der Waals surface area contributed by atoms with Crippen molar-refractivity contribution in [3.05, 3.63) is 35.4 Å². The van der Waals surface area contributed by atoms with Crippen molar-refractivity contribution >= 4 is 11.8 Å². The highest BCUT2D eigenvalue weighted by atomic mass is 19.4. The zero-order valence-corrected chi connectivity index (χ0v) is 17.6. The van der Waals surface area contributed by atoms with Crippen LogP contribution < -0.4 is 5.32 Å². The van der Waals surface area contributed by atoms with Crippen molar-refractivity contribution < 1.29 is 27.5 Å². The maximum atomic E-state index is 13.4. The van der Waals surface area contributed by atoms with Crippen LogP contribution in [0, 0.1) is 5.92 Å². The Labute approximate surface area is 175 Å². The van der Waals surface area contributed by atoms with Gasteiger partial charge in [-0.2, -0.15) is 13.2 Å². The highest BCUT2D eigenvalue weighted by Crippen LogP contribution is 2.43. The summed E-state index contributed by atoms with van der Waals surface area (Å²) in [7, 11) is 0. The largest absolute Gasteiger partial charge is 0.416 e. The molecule has 1 N–H and O–H groups in total. The minimum atomic E-state index is -4.55. The molecule has 1 aromatic carbocycles. The van der Waals surface area contributed by atoms with Crippen molar-refractivity contribution in [2.45, 2.75) is 76.9 Å². The minimum absolute atomic E-state index is 0.0430. The van der Waals surface area contributed by atoms with E-state index < -0.39 is 29.4 Å². The molecule has 30 heavy (non-hydrogen) atoms. The number of halogens is 3. The van der Waals surface area contributed by atoms with E-state index in [2.05, 4.69) is 12.2 Å². The quantitative estimate of drug-likeness (QED) is 0.778. The number of carbonyl (C=O) groups is 2. The molecule has 1 saturated heterocycles. The summed E-state index contributed by atoms with van der Waals surface area (Å²) < 4.78 is 45.6. The van der Waals surface area contributed by atoms with Crippen LogP contribution >= 0.6 is 0 Å².